The summed E-state index contributed by atoms with van der Waals surface area (Å²) in [4.78, 5) is 11.7. The average Bonchev–Trinajstić information content (AvgIpc) is 2.38. The van der Waals surface area contributed by atoms with Crippen LogP contribution in [-0.4, -0.2) is 5.91 Å². The summed E-state index contributed by atoms with van der Waals surface area (Å²) in [5.74, 6) is -0.428. The van der Waals surface area contributed by atoms with Crippen LogP contribution in [0, 0.1) is 0 Å². The van der Waals surface area contributed by atoms with Gasteiger partial charge in [-0.25, -0.2) is 0 Å². The first-order chi connectivity index (χ1) is 9.09. The van der Waals surface area contributed by atoms with Crippen LogP contribution in [0.15, 0.2) is 57.5 Å². The monoisotopic (exact) mass is 382 g/mol. The topological polar surface area (TPSA) is 55.1 Å². The van der Waals surface area contributed by atoms with Crippen molar-refractivity contribution < 1.29 is 4.79 Å². The normalized spacial score (nSPS) is 11.9. The average molecular weight is 384 g/mol. The second-order valence-electron chi connectivity index (χ2n) is 3.98. The van der Waals surface area contributed by atoms with E-state index in [0.29, 0.717) is 0 Å². The number of anilines is 1. The van der Waals surface area contributed by atoms with E-state index in [-0.39, 0.29) is 0 Å². The lowest BCUT2D eigenvalue weighted by molar-refractivity contribution is -0.118. The molecule has 0 saturated carbocycles. The van der Waals surface area contributed by atoms with Gasteiger partial charge in [0.25, 0.3) is 0 Å². The molecular weight excluding hydrogens is 372 g/mol. The number of primary amides is 1. The summed E-state index contributed by atoms with van der Waals surface area (Å²) in [6.45, 7) is 0. The highest BCUT2D eigenvalue weighted by Gasteiger charge is 2.20. The minimum atomic E-state index is -0.589. The highest BCUT2D eigenvalue weighted by Crippen LogP contribution is 2.29. The molecule has 0 spiro atoms. The molecule has 0 heterocycles. The molecule has 1 atom stereocenters. The van der Waals surface area contributed by atoms with Gasteiger partial charge >= 0.3 is 0 Å². The quantitative estimate of drug-likeness (QED) is 0.842. The second-order valence-corrected chi connectivity index (χ2v) is 5.69. The molecule has 2 aromatic rings. The third-order valence-electron chi connectivity index (χ3n) is 2.67. The maximum absolute atomic E-state index is 11.7. The van der Waals surface area contributed by atoms with Crippen LogP contribution in [0.4, 0.5) is 5.69 Å². The second kappa shape index (κ2) is 6.21. The van der Waals surface area contributed by atoms with Crippen molar-refractivity contribution in [1.82, 2.24) is 0 Å². The van der Waals surface area contributed by atoms with E-state index in [1.807, 2.05) is 48.5 Å². The SMILES string of the molecule is NC(=O)C(Nc1ccccc1Br)c1ccccc1Br. The molecule has 98 valence electrons. The van der Waals surface area contributed by atoms with Crippen molar-refractivity contribution in [3.8, 4) is 0 Å². The Morgan fingerprint density at radius 1 is 1.00 bits per heavy atom. The Kier molecular flexibility index (Phi) is 4.61. The van der Waals surface area contributed by atoms with E-state index in [9.17, 15) is 4.79 Å². The van der Waals surface area contributed by atoms with Gasteiger partial charge in [-0.05, 0) is 39.7 Å². The Morgan fingerprint density at radius 2 is 1.58 bits per heavy atom. The van der Waals surface area contributed by atoms with Crippen LogP contribution in [0.5, 0.6) is 0 Å². The molecule has 19 heavy (non-hydrogen) atoms. The van der Waals surface area contributed by atoms with Gasteiger partial charge < -0.3 is 11.1 Å². The molecular formula is C14H12Br2N2O. The number of amides is 1. The minimum absolute atomic E-state index is 0.428. The molecule has 1 amide bonds. The van der Waals surface area contributed by atoms with Crippen molar-refractivity contribution in [3.63, 3.8) is 0 Å². The number of hydrogen-bond donors (Lipinski definition) is 2. The van der Waals surface area contributed by atoms with E-state index >= 15 is 0 Å². The van der Waals surface area contributed by atoms with Crippen LogP contribution in [-0.2, 0) is 4.79 Å². The fraction of sp³-hybridized carbons (Fsp3) is 0.0714. The van der Waals surface area contributed by atoms with Crippen LogP contribution in [0.25, 0.3) is 0 Å². The number of nitrogens with two attached hydrogens (primary N) is 1. The van der Waals surface area contributed by atoms with Gasteiger partial charge in [0.05, 0.1) is 0 Å². The first-order valence-electron chi connectivity index (χ1n) is 5.64. The molecule has 0 aliphatic carbocycles. The zero-order valence-electron chi connectivity index (χ0n) is 9.94. The number of carbonyl (C=O) groups is 1. The van der Waals surface area contributed by atoms with Gasteiger partial charge in [-0.1, -0.05) is 46.3 Å². The van der Waals surface area contributed by atoms with Gasteiger partial charge in [-0.15, -0.1) is 0 Å². The fourth-order valence-electron chi connectivity index (χ4n) is 1.75. The summed E-state index contributed by atoms with van der Waals surface area (Å²) in [5, 5.41) is 3.15. The van der Waals surface area contributed by atoms with Crippen molar-refractivity contribution in [2.75, 3.05) is 5.32 Å². The van der Waals surface area contributed by atoms with Gasteiger partial charge in [0.15, 0.2) is 0 Å². The summed E-state index contributed by atoms with van der Waals surface area (Å²) >= 11 is 6.88. The molecule has 0 bridgehead atoms. The highest BCUT2D eigenvalue weighted by atomic mass is 79.9. The summed E-state index contributed by atoms with van der Waals surface area (Å²) in [6, 6.07) is 14.5. The van der Waals surface area contributed by atoms with Crippen molar-refractivity contribution in [3.05, 3.63) is 63.0 Å². The summed E-state index contributed by atoms with van der Waals surface area (Å²) in [5.41, 5.74) is 7.13. The van der Waals surface area contributed by atoms with Crippen LogP contribution in [0.2, 0.25) is 0 Å². The molecule has 0 aliphatic heterocycles. The van der Waals surface area contributed by atoms with Crippen molar-refractivity contribution >= 4 is 43.5 Å². The summed E-state index contributed by atoms with van der Waals surface area (Å²) in [6.07, 6.45) is 0. The zero-order valence-corrected chi connectivity index (χ0v) is 13.1. The predicted molar refractivity (Wildman–Crippen MR) is 83.8 cm³/mol. The van der Waals surface area contributed by atoms with Crippen LogP contribution in [0.1, 0.15) is 11.6 Å². The van der Waals surface area contributed by atoms with Crippen molar-refractivity contribution in [2.45, 2.75) is 6.04 Å². The first-order valence-corrected chi connectivity index (χ1v) is 7.23. The molecule has 3 N–H and O–H groups in total. The number of benzene rings is 2. The lowest BCUT2D eigenvalue weighted by Gasteiger charge is -2.19. The Hall–Kier alpha value is -1.33. The van der Waals surface area contributed by atoms with Crippen molar-refractivity contribution in [2.24, 2.45) is 5.73 Å². The van der Waals surface area contributed by atoms with Gasteiger partial charge in [0, 0.05) is 14.6 Å². The fourth-order valence-corrected chi connectivity index (χ4v) is 2.66. The number of halogens is 2. The van der Waals surface area contributed by atoms with E-state index in [0.717, 1.165) is 20.2 Å². The van der Waals surface area contributed by atoms with Gasteiger partial charge in [-0.3, -0.25) is 4.79 Å². The number of carbonyl (C=O) groups excluding carboxylic acids is 1. The lowest BCUT2D eigenvalue weighted by atomic mass is 10.1. The van der Waals surface area contributed by atoms with Crippen molar-refractivity contribution in [1.29, 1.82) is 0 Å². The highest BCUT2D eigenvalue weighted by molar-refractivity contribution is 9.11. The number of nitrogens with one attached hydrogen (secondary N) is 1. The smallest absolute Gasteiger partial charge is 0.244 e. The molecule has 0 fully saturated rings. The maximum atomic E-state index is 11.7. The molecule has 2 rings (SSSR count). The number of hydrogen-bond acceptors (Lipinski definition) is 2. The largest absolute Gasteiger partial charge is 0.369 e. The molecule has 0 radical (unpaired) electrons. The third-order valence-corrected chi connectivity index (χ3v) is 4.09. The first kappa shape index (κ1) is 14.1. The Morgan fingerprint density at radius 3 is 2.16 bits per heavy atom. The van der Waals surface area contributed by atoms with Gasteiger partial charge in [0.2, 0.25) is 5.91 Å². The minimum Gasteiger partial charge on any atom is -0.369 e. The molecule has 0 aliphatic rings. The van der Waals surface area contributed by atoms with Crippen LogP contribution < -0.4 is 11.1 Å². The van der Waals surface area contributed by atoms with Gasteiger partial charge in [0.1, 0.15) is 6.04 Å². The molecule has 0 aromatic heterocycles. The zero-order chi connectivity index (χ0) is 13.8. The molecule has 1 unspecified atom stereocenters. The maximum Gasteiger partial charge on any atom is 0.244 e. The molecule has 5 heteroatoms. The number of para-hydroxylation sites is 1. The van der Waals surface area contributed by atoms with E-state index in [1.165, 1.54) is 0 Å². The standard InChI is InChI=1S/C14H12Br2N2O/c15-10-6-2-1-5-9(10)13(14(17)19)18-12-8-4-3-7-11(12)16/h1-8,13,18H,(H2,17,19). The molecule has 3 nitrogen and oxygen atoms in total. The van der Waals surface area contributed by atoms with Crippen LogP contribution in [0.3, 0.4) is 0 Å². The Bertz CT molecular complexity index is 602. The Labute approximate surface area is 128 Å². The predicted octanol–water partition coefficient (Wildman–Crippen LogP) is 3.85. The summed E-state index contributed by atoms with van der Waals surface area (Å²) < 4.78 is 1.73. The lowest BCUT2D eigenvalue weighted by Crippen LogP contribution is -2.28. The molecule has 0 saturated heterocycles. The van der Waals surface area contributed by atoms with E-state index in [2.05, 4.69) is 37.2 Å². The third kappa shape index (κ3) is 3.36. The Balaban J connectivity index is 2.35. The van der Waals surface area contributed by atoms with Gasteiger partial charge in [-0.2, -0.15) is 0 Å². The number of rotatable bonds is 4. The van der Waals surface area contributed by atoms with E-state index in [4.69, 9.17) is 5.73 Å². The van der Waals surface area contributed by atoms with Crippen LogP contribution >= 0.6 is 31.9 Å². The molecule has 2 aromatic carbocycles. The summed E-state index contributed by atoms with van der Waals surface area (Å²) in [7, 11) is 0. The van der Waals surface area contributed by atoms with E-state index in [1.54, 1.807) is 0 Å². The van der Waals surface area contributed by atoms with E-state index < -0.39 is 11.9 Å².